The van der Waals surface area contributed by atoms with Crippen LogP contribution < -0.4 is 5.62 Å². The molecule has 0 aliphatic carbocycles. The van der Waals surface area contributed by atoms with Crippen LogP contribution in [0.5, 0.6) is 5.75 Å². The fourth-order valence-electron chi connectivity index (χ4n) is 4.31. The number of ketones is 1. The Kier molecular flexibility index (Phi) is 7.25. The molecule has 5 nitrogen and oxygen atoms in total. The molecule has 3 rings (SSSR count). The number of aromatic nitrogens is 2. The first-order valence-corrected chi connectivity index (χ1v) is 12.1. The Morgan fingerprint density at radius 3 is 2.03 bits per heavy atom. The SMILES string of the molecule is CCCc1cn(CC(=O)c2cc(C(C)(C)C)c(O)c(C(C)(C)C)c2)c(=N)n1Cc1ccccc1. The molecule has 0 aliphatic rings. The van der Waals surface area contributed by atoms with Gasteiger partial charge in [0.1, 0.15) is 5.75 Å². The monoisotopic (exact) mass is 461 g/mol. The second-order valence-electron chi connectivity index (χ2n) is 11.2. The highest BCUT2D eigenvalue weighted by atomic mass is 16.3. The van der Waals surface area contributed by atoms with Gasteiger partial charge in [0.25, 0.3) is 0 Å². The van der Waals surface area contributed by atoms with E-state index in [0.29, 0.717) is 17.7 Å². The van der Waals surface area contributed by atoms with Crippen molar-refractivity contribution in [3.05, 3.63) is 82.2 Å². The summed E-state index contributed by atoms with van der Waals surface area (Å²) >= 11 is 0. The van der Waals surface area contributed by atoms with Gasteiger partial charge in [-0.2, -0.15) is 0 Å². The molecule has 182 valence electrons. The third kappa shape index (κ3) is 5.52. The highest BCUT2D eigenvalue weighted by molar-refractivity contribution is 5.96. The van der Waals surface area contributed by atoms with Crippen LogP contribution >= 0.6 is 0 Å². The summed E-state index contributed by atoms with van der Waals surface area (Å²) in [6.07, 6.45) is 3.76. The van der Waals surface area contributed by atoms with E-state index in [1.54, 1.807) is 4.57 Å². The van der Waals surface area contributed by atoms with Crippen molar-refractivity contribution in [1.29, 1.82) is 5.41 Å². The molecular weight excluding hydrogens is 422 g/mol. The zero-order valence-corrected chi connectivity index (χ0v) is 21.7. The van der Waals surface area contributed by atoms with Crippen LogP contribution in [-0.4, -0.2) is 20.0 Å². The summed E-state index contributed by atoms with van der Waals surface area (Å²) in [6.45, 7) is 15.1. The quantitative estimate of drug-likeness (QED) is 0.427. The largest absolute Gasteiger partial charge is 0.507 e. The number of hydrogen-bond acceptors (Lipinski definition) is 3. The molecule has 1 heterocycles. The van der Waals surface area contributed by atoms with E-state index in [0.717, 1.165) is 35.2 Å². The van der Waals surface area contributed by atoms with Gasteiger partial charge in [0, 0.05) is 28.6 Å². The second kappa shape index (κ2) is 9.65. The smallest absolute Gasteiger partial charge is 0.202 e. The molecule has 0 aliphatic heterocycles. The summed E-state index contributed by atoms with van der Waals surface area (Å²) in [5.74, 6) is 0.207. The van der Waals surface area contributed by atoms with Crippen LogP contribution in [0.25, 0.3) is 0 Å². The lowest BCUT2D eigenvalue weighted by atomic mass is 9.78. The van der Waals surface area contributed by atoms with Crippen molar-refractivity contribution in [1.82, 2.24) is 9.13 Å². The summed E-state index contributed by atoms with van der Waals surface area (Å²) in [5.41, 5.74) is 4.02. The maximum atomic E-state index is 13.5. The molecule has 2 N–H and O–H groups in total. The third-order valence-electron chi connectivity index (χ3n) is 6.23. The van der Waals surface area contributed by atoms with E-state index in [1.165, 1.54) is 0 Å². The van der Waals surface area contributed by atoms with Gasteiger partial charge in [-0.15, -0.1) is 0 Å². The molecule has 0 fully saturated rings. The molecule has 0 bridgehead atoms. The van der Waals surface area contributed by atoms with E-state index in [9.17, 15) is 9.90 Å². The molecule has 34 heavy (non-hydrogen) atoms. The Balaban J connectivity index is 2.01. The number of carbonyl (C=O) groups is 1. The Morgan fingerprint density at radius 2 is 1.53 bits per heavy atom. The van der Waals surface area contributed by atoms with Crippen LogP contribution in [0.15, 0.2) is 48.7 Å². The molecule has 2 aromatic carbocycles. The first-order chi connectivity index (χ1) is 15.8. The van der Waals surface area contributed by atoms with E-state index in [4.69, 9.17) is 5.41 Å². The summed E-state index contributed by atoms with van der Waals surface area (Å²) in [5, 5.41) is 19.8. The summed E-state index contributed by atoms with van der Waals surface area (Å²) in [4.78, 5) is 13.5. The minimum Gasteiger partial charge on any atom is -0.507 e. The van der Waals surface area contributed by atoms with Gasteiger partial charge in [-0.05, 0) is 34.9 Å². The molecule has 0 spiro atoms. The van der Waals surface area contributed by atoms with Crippen LogP contribution in [0.4, 0.5) is 0 Å². The number of carbonyl (C=O) groups excluding carboxylic acids is 1. The summed E-state index contributed by atoms with van der Waals surface area (Å²) in [6, 6.07) is 13.8. The van der Waals surface area contributed by atoms with Crippen molar-refractivity contribution in [3.63, 3.8) is 0 Å². The van der Waals surface area contributed by atoms with Gasteiger partial charge in [-0.3, -0.25) is 10.2 Å². The number of imidazole rings is 1. The molecule has 5 heteroatoms. The molecule has 1 aromatic heterocycles. The number of benzene rings is 2. The minimum atomic E-state index is -0.304. The van der Waals surface area contributed by atoms with Crippen LogP contribution in [0.1, 0.15) is 87.6 Å². The average Bonchev–Trinajstić information content (AvgIpc) is 3.02. The number of phenols is 1. The summed E-state index contributed by atoms with van der Waals surface area (Å²) in [7, 11) is 0. The second-order valence-corrected chi connectivity index (χ2v) is 11.2. The van der Waals surface area contributed by atoms with E-state index in [2.05, 4.69) is 19.1 Å². The standard InChI is InChI=1S/C29H39N3O2/c1-8-12-22-18-31(27(30)32(22)17-20-13-10-9-11-14-20)19-25(33)21-15-23(28(2,3)4)26(34)24(16-21)29(5,6)7/h9-11,13-16,18,30,34H,8,12,17,19H2,1-7H3. The van der Waals surface area contributed by atoms with E-state index < -0.39 is 0 Å². The predicted molar refractivity (Wildman–Crippen MR) is 138 cm³/mol. The highest BCUT2D eigenvalue weighted by Crippen LogP contribution is 2.39. The number of Topliss-reactive ketones (excluding diaryl/α,β-unsaturated/α-hetero) is 1. The zero-order chi connectivity index (χ0) is 25.3. The van der Waals surface area contributed by atoms with Gasteiger partial charge in [-0.1, -0.05) is 85.2 Å². The lowest BCUT2D eigenvalue weighted by molar-refractivity contribution is 0.0970. The molecule has 0 atom stereocenters. The van der Waals surface area contributed by atoms with Crippen molar-refractivity contribution in [2.45, 2.75) is 85.2 Å². The van der Waals surface area contributed by atoms with Crippen LogP contribution in [0.2, 0.25) is 0 Å². The first-order valence-electron chi connectivity index (χ1n) is 12.1. The number of phenolic OH excluding ortho intramolecular Hbond substituents is 1. The van der Waals surface area contributed by atoms with Crippen molar-refractivity contribution in [3.8, 4) is 5.75 Å². The van der Waals surface area contributed by atoms with Gasteiger partial charge in [0.05, 0.1) is 13.1 Å². The average molecular weight is 462 g/mol. The number of nitrogens with one attached hydrogen (secondary N) is 1. The molecule has 0 amide bonds. The van der Waals surface area contributed by atoms with Crippen molar-refractivity contribution >= 4 is 5.78 Å². The predicted octanol–water partition coefficient (Wildman–Crippen LogP) is 5.95. The number of nitrogens with zero attached hydrogens (tertiary/aromatic N) is 2. The number of hydrogen-bond donors (Lipinski definition) is 2. The number of rotatable bonds is 7. The first kappa shape index (κ1) is 25.5. The lowest BCUT2D eigenvalue weighted by Crippen LogP contribution is -2.28. The van der Waals surface area contributed by atoms with Gasteiger partial charge in [0.15, 0.2) is 5.78 Å². The third-order valence-corrected chi connectivity index (χ3v) is 6.23. The zero-order valence-electron chi connectivity index (χ0n) is 21.7. The molecule has 0 saturated carbocycles. The Morgan fingerprint density at radius 1 is 0.971 bits per heavy atom. The van der Waals surface area contributed by atoms with Crippen molar-refractivity contribution in [2.75, 3.05) is 0 Å². The van der Waals surface area contributed by atoms with Gasteiger partial charge >= 0.3 is 0 Å². The van der Waals surface area contributed by atoms with Gasteiger partial charge < -0.3 is 14.2 Å². The number of aryl methyl sites for hydroxylation is 1. The van der Waals surface area contributed by atoms with Gasteiger partial charge in [-0.25, -0.2) is 0 Å². The molecule has 0 unspecified atom stereocenters. The fraction of sp³-hybridized carbons (Fsp3) is 0.448. The van der Waals surface area contributed by atoms with Gasteiger partial charge in [0.2, 0.25) is 5.62 Å². The maximum Gasteiger partial charge on any atom is 0.202 e. The van der Waals surface area contributed by atoms with E-state index >= 15 is 0 Å². The van der Waals surface area contributed by atoms with Crippen LogP contribution in [-0.2, 0) is 30.3 Å². The maximum absolute atomic E-state index is 13.5. The minimum absolute atomic E-state index is 0.0607. The lowest BCUT2D eigenvalue weighted by Gasteiger charge is -2.28. The molecule has 0 saturated heterocycles. The normalized spacial score (nSPS) is 12.2. The highest BCUT2D eigenvalue weighted by Gasteiger charge is 2.28. The molecule has 0 radical (unpaired) electrons. The topological polar surface area (TPSA) is 71.0 Å². The van der Waals surface area contributed by atoms with Crippen molar-refractivity contribution < 1.29 is 9.90 Å². The van der Waals surface area contributed by atoms with Crippen LogP contribution in [0, 0.1) is 5.41 Å². The Hall–Kier alpha value is -3.08. The fourth-order valence-corrected chi connectivity index (χ4v) is 4.31. The van der Waals surface area contributed by atoms with Crippen molar-refractivity contribution in [2.24, 2.45) is 0 Å². The van der Waals surface area contributed by atoms with Crippen LogP contribution in [0.3, 0.4) is 0 Å². The molecule has 3 aromatic rings. The van der Waals surface area contributed by atoms with E-state index in [1.807, 2.05) is 82.6 Å². The Labute approximate surface area is 203 Å². The Bertz CT molecular complexity index is 1180. The van der Waals surface area contributed by atoms with E-state index in [-0.39, 0.29) is 28.9 Å². The summed E-state index contributed by atoms with van der Waals surface area (Å²) < 4.78 is 3.74. The molecular formula is C29H39N3O2. The number of aromatic hydroxyl groups is 1.